The zero-order valence-corrected chi connectivity index (χ0v) is 6.69. The van der Waals surface area contributed by atoms with Crippen molar-refractivity contribution in [2.75, 3.05) is 7.11 Å². The number of carbonyl (C=O) groups excluding carboxylic acids is 1. The highest BCUT2D eigenvalue weighted by molar-refractivity contribution is 5.77. The molecule has 0 N–H and O–H groups in total. The summed E-state index contributed by atoms with van der Waals surface area (Å²) in [5, 5.41) is 0. The molecule has 0 radical (unpaired) electrons. The third-order valence-corrected chi connectivity index (χ3v) is 1.33. The molecule has 0 aliphatic rings. The number of alkyl halides is 2. The van der Waals surface area contributed by atoms with Gasteiger partial charge in [0.15, 0.2) is 0 Å². The van der Waals surface area contributed by atoms with E-state index in [2.05, 4.69) is 4.74 Å². The van der Waals surface area contributed by atoms with Gasteiger partial charge in [-0.05, 0) is 6.42 Å². The van der Waals surface area contributed by atoms with Crippen LogP contribution in [-0.4, -0.2) is 19.0 Å². The van der Waals surface area contributed by atoms with Crippen LogP contribution in [0.15, 0.2) is 0 Å². The molecule has 0 bridgehead atoms. The van der Waals surface area contributed by atoms with Crippen LogP contribution in [0.1, 0.15) is 26.2 Å². The fraction of sp³-hybridized carbons (Fsp3) is 0.857. The van der Waals surface area contributed by atoms with Crippen LogP contribution in [0.3, 0.4) is 0 Å². The van der Waals surface area contributed by atoms with Crippen LogP contribution >= 0.6 is 0 Å². The predicted molar refractivity (Wildman–Crippen MR) is 36.5 cm³/mol. The van der Waals surface area contributed by atoms with Crippen molar-refractivity contribution in [1.82, 2.24) is 0 Å². The lowest BCUT2D eigenvalue weighted by Crippen LogP contribution is -2.29. The fourth-order valence-corrected chi connectivity index (χ4v) is 0.650. The highest BCUT2D eigenvalue weighted by Crippen LogP contribution is 2.22. The van der Waals surface area contributed by atoms with E-state index in [0.717, 1.165) is 7.11 Å². The van der Waals surface area contributed by atoms with Gasteiger partial charge in [0.1, 0.15) is 0 Å². The molecule has 0 aliphatic heterocycles. The third-order valence-electron chi connectivity index (χ3n) is 1.33. The largest absolute Gasteiger partial charge is 0.465 e. The number of methoxy groups -OCH3 is 1. The molecule has 0 atom stereocenters. The maximum Gasteiger partial charge on any atom is 0.376 e. The second-order valence-corrected chi connectivity index (χ2v) is 2.30. The number of hydrogen-bond donors (Lipinski definition) is 0. The van der Waals surface area contributed by atoms with Crippen molar-refractivity contribution in [3.63, 3.8) is 0 Å². The van der Waals surface area contributed by atoms with E-state index in [9.17, 15) is 13.6 Å². The normalized spacial score (nSPS) is 11.3. The molecule has 0 aromatic rings. The second-order valence-electron chi connectivity index (χ2n) is 2.30. The Hall–Kier alpha value is -0.670. The molecular formula is C7H12F2O2. The van der Waals surface area contributed by atoms with E-state index in [4.69, 9.17) is 0 Å². The maximum atomic E-state index is 12.5. The first kappa shape index (κ1) is 10.3. The standard InChI is InChI=1S/C7H12F2O2/c1-3-4-5-7(8,9)6(10)11-2/h3-5H2,1-2H3. The predicted octanol–water partition coefficient (Wildman–Crippen LogP) is 1.98. The van der Waals surface area contributed by atoms with Crippen molar-refractivity contribution >= 4 is 5.97 Å². The van der Waals surface area contributed by atoms with Crippen LogP contribution in [-0.2, 0) is 9.53 Å². The van der Waals surface area contributed by atoms with Crippen molar-refractivity contribution < 1.29 is 18.3 Å². The lowest BCUT2D eigenvalue weighted by Gasteiger charge is -2.11. The Labute approximate surface area is 64.5 Å². The lowest BCUT2D eigenvalue weighted by atomic mass is 10.1. The molecule has 2 nitrogen and oxygen atoms in total. The average Bonchev–Trinajstić information content (AvgIpc) is 1.99. The van der Waals surface area contributed by atoms with Gasteiger partial charge in [0.05, 0.1) is 7.11 Å². The summed E-state index contributed by atoms with van der Waals surface area (Å²) >= 11 is 0. The molecule has 0 saturated heterocycles. The third kappa shape index (κ3) is 3.30. The highest BCUT2D eigenvalue weighted by Gasteiger charge is 2.38. The van der Waals surface area contributed by atoms with Gasteiger partial charge in [-0.1, -0.05) is 13.3 Å². The zero-order valence-electron chi connectivity index (χ0n) is 6.69. The Kier molecular flexibility index (Phi) is 4.00. The van der Waals surface area contributed by atoms with E-state index in [1.807, 2.05) is 0 Å². The Bertz CT molecular complexity index is 134. The Balaban J connectivity index is 3.88. The van der Waals surface area contributed by atoms with Crippen LogP contribution in [0.2, 0.25) is 0 Å². The van der Waals surface area contributed by atoms with Crippen molar-refractivity contribution in [1.29, 1.82) is 0 Å². The van der Waals surface area contributed by atoms with E-state index < -0.39 is 18.3 Å². The summed E-state index contributed by atoms with van der Waals surface area (Å²) in [6.45, 7) is 1.79. The number of carbonyl (C=O) groups is 1. The quantitative estimate of drug-likeness (QED) is 0.597. The summed E-state index contributed by atoms with van der Waals surface area (Å²) in [5.74, 6) is -4.74. The molecule has 0 aliphatic carbocycles. The summed E-state index contributed by atoms with van der Waals surface area (Å²) in [6.07, 6.45) is 0.560. The van der Waals surface area contributed by atoms with E-state index in [0.29, 0.717) is 12.8 Å². The molecule has 0 aromatic carbocycles. The van der Waals surface area contributed by atoms with Crippen LogP contribution in [0, 0.1) is 0 Å². The van der Waals surface area contributed by atoms with E-state index in [1.54, 1.807) is 6.92 Å². The number of unbranched alkanes of at least 4 members (excludes halogenated alkanes) is 1. The molecule has 11 heavy (non-hydrogen) atoms. The summed E-state index contributed by atoms with van der Waals surface area (Å²) < 4.78 is 29.0. The highest BCUT2D eigenvalue weighted by atomic mass is 19.3. The van der Waals surface area contributed by atoms with Gasteiger partial charge in [0.25, 0.3) is 0 Å². The number of ether oxygens (including phenoxy) is 1. The van der Waals surface area contributed by atoms with Crippen molar-refractivity contribution in [3.8, 4) is 0 Å². The van der Waals surface area contributed by atoms with Crippen LogP contribution in [0.4, 0.5) is 8.78 Å². The van der Waals surface area contributed by atoms with Gasteiger partial charge < -0.3 is 4.74 Å². The number of rotatable bonds is 4. The molecule has 0 spiro atoms. The van der Waals surface area contributed by atoms with Gasteiger partial charge >= 0.3 is 11.9 Å². The van der Waals surface area contributed by atoms with Crippen molar-refractivity contribution in [2.24, 2.45) is 0 Å². The van der Waals surface area contributed by atoms with Gasteiger partial charge in [0.2, 0.25) is 0 Å². The number of hydrogen-bond acceptors (Lipinski definition) is 2. The molecule has 0 heterocycles. The minimum absolute atomic E-state index is 0.335. The molecule has 4 heteroatoms. The Morgan fingerprint density at radius 1 is 1.55 bits per heavy atom. The number of esters is 1. The summed E-state index contributed by atoms with van der Waals surface area (Å²) in [5.41, 5.74) is 0. The minimum Gasteiger partial charge on any atom is -0.465 e. The van der Waals surface area contributed by atoms with E-state index >= 15 is 0 Å². The van der Waals surface area contributed by atoms with Gasteiger partial charge in [0, 0.05) is 6.42 Å². The van der Waals surface area contributed by atoms with Gasteiger partial charge in [-0.25, -0.2) is 4.79 Å². The summed E-state index contributed by atoms with van der Waals surface area (Å²) in [4.78, 5) is 10.4. The van der Waals surface area contributed by atoms with E-state index in [-0.39, 0.29) is 0 Å². The number of halogens is 2. The first-order valence-electron chi connectivity index (χ1n) is 3.51. The van der Waals surface area contributed by atoms with Gasteiger partial charge in [-0.15, -0.1) is 0 Å². The van der Waals surface area contributed by atoms with E-state index in [1.165, 1.54) is 0 Å². The first-order valence-corrected chi connectivity index (χ1v) is 3.51. The molecule has 0 rings (SSSR count). The molecule has 0 amide bonds. The van der Waals surface area contributed by atoms with Gasteiger partial charge in [-0.2, -0.15) is 8.78 Å². The van der Waals surface area contributed by atoms with Crippen LogP contribution < -0.4 is 0 Å². The van der Waals surface area contributed by atoms with Crippen molar-refractivity contribution in [2.45, 2.75) is 32.1 Å². The van der Waals surface area contributed by atoms with Gasteiger partial charge in [-0.3, -0.25) is 0 Å². The monoisotopic (exact) mass is 166 g/mol. The zero-order chi connectivity index (χ0) is 8.91. The smallest absolute Gasteiger partial charge is 0.376 e. The summed E-state index contributed by atoms with van der Waals surface area (Å²) in [6, 6.07) is 0. The topological polar surface area (TPSA) is 26.3 Å². The van der Waals surface area contributed by atoms with Crippen molar-refractivity contribution in [3.05, 3.63) is 0 Å². The Morgan fingerprint density at radius 2 is 2.09 bits per heavy atom. The first-order chi connectivity index (χ1) is 5.04. The van der Waals surface area contributed by atoms with Crippen LogP contribution in [0.25, 0.3) is 0 Å². The molecule has 0 fully saturated rings. The minimum atomic E-state index is -3.30. The molecular weight excluding hydrogens is 154 g/mol. The average molecular weight is 166 g/mol. The van der Waals surface area contributed by atoms with Crippen LogP contribution in [0.5, 0.6) is 0 Å². The second kappa shape index (κ2) is 4.26. The molecule has 0 saturated carbocycles. The molecule has 66 valence electrons. The fourth-order valence-electron chi connectivity index (χ4n) is 0.650. The SMILES string of the molecule is CCCCC(F)(F)C(=O)OC. The maximum absolute atomic E-state index is 12.5. The summed E-state index contributed by atoms with van der Waals surface area (Å²) in [7, 11) is 0.961. The lowest BCUT2D eigenvalue weighted by molar-refractivity contribution is -0.169. The molecule has 0 unspecified atom stereocenters. The Morgan fingerprint density at radius 3 is 2.45 bits per heavy atom. The molecule has 0 aromatic heterocycles.